The molecule has 0 saturated heterocycles. The number of benzene rings is 3. The average Bonchev–Trinajstić information content (AvgIpc) is 2.84. The van der Waals surface area contributed by atoms with Gasteiger partial charge in [-0.05, 0) is 28.8 Å². The van der Waals surface area contributed by atoms with Crippen molar-refractivity contribution in [2.75, 3.05) is 20.8 Å². The number of hydrogen-bond donors (Lipinski definition) is 0. The molecule has 0 heterocycles. The molecular weight excluding hydrogens is 390 g/mol. The number of carbonyl (C=O) groups excluding carboxylic acids is 1. The van der Waals surface area contributed by atoms with E-state index in [0.29, 0.717) is 22.6 Å². The predicted molar refractivity (Wildman–Crippen MR) is 122 cm³/mol. The number of methoxy groups -OCH3 is 2. The van der Waals surface area contributed by atoms with Crippen molar-refractivity contribution in [1.82, 2.24) is 0 Å². The van der Waals surface area contributed by atoms with Crippen LogP contribution in [0, 0.1) is 0 Å². The van der Waals surface area contributed by atoms with E-state index in [0.717, 1.165) is 5.56 Å². The summed E-state index contributed by atoms with van der Waals surface area (Å²) in [4.78, 5) is 18.3. The molecule has 5 nitrogen and oxygen atoms in total. The smallest absolute Gasteiger partial charge is 0.343 e. The van der Waals surface area contributed by atoms with Gasteiger partial charge in [0.05, 0.1) is 14.2 Å². The summed E-state index contributed by atoms with van der Waals surface area (Å²) in [7, 11) is 3.17. The number of carbonyl (C=O) groups is 1. The lowest BCUT2D eigenvalue weighted by Gasteiger charge is -2.28. The molecule has 31 heavy (non-hydrogen) atoms. The van der Waals surface area contributed by atoms with Gasteiger partial charge in [0.1, 0.15) is 18.1 Å². The molecule has 0 aromatic heterocycles. The first-order chi connectivity index (χ1) is 15.1. The van der Waals surface area contributed by atoms with E-state index in [1.807, 2.05) is 72.8 Å². The Kier molecular flexibility index (Phi) is 7.22. The first-order valence-corrected chi connectivity index (χ1v) is 9.81. The Balaban J connectivity index is 2.21. The summed E-state index contributed by atoms with van der Waals surface area (Å²) in [6.07, 6.45) is 3.18. The van der Waals surface area contributed by atoms with Crippen LogP contribution in [0.2, 0.25) is 0 Å². The van der Waals surface area contributed by atoms with E-state index in [1.54, 1.807) is 26.5 Å². The molecule has 0 atom stereocenters. The summed E-state index contributed by atoms with van der Waals surface area (Å²) >= 11 is 0. The van der Waals surface area contributed by atoms with Crippen molar-refractivity contribution in [2.24, 2.45) is 4.99 Å². The minimum absolute atomic E-state index is 0.0861. The molecule has 3 rings (SSSR count). The second-order valence-electron chi connectivity index (χ2n) is 6.73. The standard InChI is InChI=1S/C26H25NO4/c1-4-15-31-25(28)26(21-11-7-5-8-12-21,22-13-9-6-10-14-22)27-19-20-16-23(29-2)18-24(17-20)30-3/h4-14,16-19H,1,15H2,2-3H3. The number of aliphatic imine (C=N–C) groups is 1. The van der Waals surface area contributed by atoms with E-state index >= 15 is 0 Å². The van der Waals surface area contributed by atoms with E-state index in [-0.39, 0.29) is 6.61 Å². The van der Waals surface area contributed by atoms with Crippen LogP contribution in [0.3, 0.4) is 0 Å². The highest BCUT2D eigenvalue weighted by molar-refractivity contribution is 5.91. The van der Waals surface area contributed by atoms with E-state index in [4.69, 9.17) is 19.2 Å². The highest BCUT2D eigenvalue weighted by Gasteiger charge is 2.43. The lowest BCUT2D eigenvalue weighted by molar-refractivity contribution is -0.147. The van der Waals surface area contributed by atoms with Crippen LogP contribution in [0.15, 0.2) is 96.5 Å². The van der Waals surface area contributed by atoms with E-state index in [9.17, 15) is 4.79 Å². The van der Waals surface area contributed by atoms with Gasteiger partial charge in [-0.2, -0.15) is 0 Å². The lowest BCUT2D eigenvalue weighted by atomic mass is 9.83. The quantitative estimate of drug-likeness (QED) is 0.286. The number of rotatable bonds is 9. The Hall–Kier alpha value is -3.86. The number of nitrogens with zero attached hydrogens (tertiary/aromatic N) is 1. The van der Waals surface area contributed by atoms with Gasteiger partial charge < -0.3 is 14.2 Å². The zero-order valence-electron chi connectivity index (χ0n) is 17.7. The summed E-state index contributed by atoms with van der Waals surface area (Å²) in [5, 5.41) is 0. The molecule has 0 amide bonds. The number of ether oxygens (including phenoxy) is 3. The molecule has 0 spiro atoms. The molecule has 3 aromatic carbocycles. The third-order valence-electron chi connectivity index (χ3n) is 4.79. The molecule has 0 aliphatic rings. The fraction of sp³-hybridized carbons (Fsp3) is 0.154. The van der Waals surface area contributed by atoms with Crippen molar-refractivity contribution in [3.05, 3.63) is 108 Å². The molecule has 0 N–H and O–H groups in total. The highest BCUT2D eigenvalue weighted by atomic mass is 16.5. The molecule has 0 aliphatic carbocycles. The summed E-state index contributed by atoms with van der Waals surface area (Å²) in [5.41, 5.74) is 0.730. The molecule has 0 saturated carbocycles. The van der Waals surface area contributed by atoms with Gasteiger partial charge in [0.2, 0.25) is 5.54 Å². The van der Waals surface area contributed by atoms with Gasteiger partial charge in [-0.1, -0.05) is 73.3 Å². The van der Waals surface area contributed by atoms with Crippen LogP contribution < -0.4 is 9.47 Å². The molecule has 0 radical (unpaired) electrons. The molecular formula is C26H25NO4. The largest absolute Gasteiger partial charge is 0.497 e. The zero-order chi connectivity index (χ0) is 22.1. The molecule has 158 valence electrons. The van der Waals surface area contributed by atoms with Crippen LogP contribution in [-0.4, -0.2) is 33.0 Å². The van der Waals surface area contributed by atoms with Crippen LogP contribution in [0.25, 0.3) is 0 Å². The molecule has 0 unspecified atom stereocenters. The average molecular weight is 415 g/mol. The normalized spacial score (nSPS) is 11.2. The summed E-state index contributed by atoms with van der Waals surface area (Å²) < 4.78 is 16.2. The maximum atomic E-state index is 13.5. The maximum absolute atomic E-state index is 13.5. The third kappa shape index (κ3) is 4.83. The zero-order valence-corrected chi connectivity index (χ0v) is 17.7. The van der Waals surface area contributed by atoms with Crippen LogP contribution in [0.1, 0.15) is 16.7 Å². The second kappa shape index (κ2) is 10.3. The van der Waals surface area contributed by atoms with Crippen molar-refractivity contribution in [2.45, 2.75) is 5.54 Å². The summed E-state index contributed by atoms with van der Waals surface area (Å²) in [6, 6.07) is 24.2. The van der Waals surface area contributed by atoms with Gasteiger partial charge in [-0.25, -0.2) is 4.79 Å². The van der Waals surface area contributed by atoms with E-state index in [1.165, 1.54) is 6.08 Å². The highest BCUT2D eigenvalue weighted by Crippen LogP contribution is 2.36. The van der Waals surface area contributed by atoms with Crippen LogP contribution >= 0.6 is 0 Å². The monoisotopic (exact) mass is 415 g/mol. The van der Waals surface area contributed by atoms with Crippen molar-refractivity contribution in [1.29, 1.82) is 0 Å². The summed E-state index contributed by atoms with van der Waals surface area (Å²) in [6.45, 7) is 3.73. The van der Waals surface area contributed by atoms with Gasteiger partial charge in [-0.3, -0.25) is 4.99 Å². The fourth-order valence-electron chi connectivity index (χ4n) is 3.28. The van der Waals surface area contributed by atoms with Crippen molar-refractivity contribution >= 4 is 12.2 Å². The molecule has 0 fully saturated rings. The third-order valence-corrected chi connectivity index (χ3v) is 4.79. The Labute approximate surface area is 182 Å². The number of esters is 1. The molecule has 0 aliphatic heterocycles. The SMILES string of the molecule is C=CCOC(=O)C(N=Cc1cc(OC)cc(OC)c1)(c1ccccc1)c1ccccc1. The Bertz CT molecular complexity index is 984. The number of hydrogen-bond acceptors (Lipinski definition) is 5. The van der Waals surface area contributed by atoms with Crippen molar-refractivity contribution in [3.8, 4) is 11.5 Å². The van der Waals surface area contributed by atoms with Crippen molar-refractivity contribution in [3.63, 3.8) is 0 Å². The lowest BCUT2D eigenvalue weighted by Crippen LogP contribution is -2.37. The van der Waals surface area contributed by atoms with Gasteiger partial charge in [-0.15, -0.1) is 0 Å². The topological polar surface area (TPSA) is 57.1 Å². The first-order valence-electron chi connectivity index (χ1n) is 9.81. The molecule has 3 aromatic rings. The predicted octanol–water partition coefficient (Wildman–Crippen LogP) is 4.80. The Morgan fingerprint density at radius 1 is 0.903 bits per heavy atom. The second-order valence-corrected chi connectivity index (χ2v) is 6.73. The fourth-order valence-corrected chi connectivity index (χ4v) is 3.28. The minimum Gasteiger partial charge on any atom is -0.497 e. The Morgan fingerprint density at radius 2 is 1.42 bits per heavy atom. The Morgan fingerprint density at radius 3 is 1.87 bits per heavy atom. The maximum Gasteiger partial charge on any atom is 0.343 e. The summed E-state index contributed by atoms with van der Waals surface area (Å²) in [5.74, 6) is 0.760. The first kappa shape index (κ1) is 21.8. The molecule has 5 heteroatoms. The van der Waals surface area contributed by atoms with Crippen LogP contribution in [-0.2, 0) is 15.1 Å². The van der Waals surface area contributed by atoms with E-state index in [2.05, 4.69) is 6.58 Å². The van der Waals surface area contributed by atoms with Crippen LogP contribution in [0.5, 0.6) is 11.5 Å². The van der Waals surface area contributed by atoms with E-state index < -0.39 is 11.5 Å². The molecule has 0 bridgehead atoms. The van der Waals surface area contributed by atoms with Gasteiger partial charge >= 0.3 is 5.97 Å². The van der Waals surface area contributed by atoms with Gasteiger partial charge in [0.15, 0.2) is 0 Å². The van der Waals surface area contributed by atoms with Gasteiger partial charge in [0.25, 0.3) is 0 Å². The van der Waals surface area contributed by atoms with Gasteiger partial charge in [0, 0.05) is 12.3 Å². The minimum atomic E-state index is -1.39. The van der Waals surface area contributed by atoms with Crippen molar-refractivity contribution < 1.29 is 19.0 Å². The van der Waals surface area contributed by atoms with Crippen LogP contribution in [0.4, 0.5) is 0 Å².